The maximum Gasteiger partial charge on any atom is 0.258 e. The van der Waals surface area contributed by atoms with Crippen LogP contribution in [0.1, 0.15) is 71.4 Å². The molecule has 9 heteroatoms. The number of aromatic nitrogens is 1. The molecule has 1 aliphatic rings. The summed E-state index contributed by atoms with van der Waals surface area (Å²) in [5.74, 6) is -0.759. The Balaban J connectivity index is 1.53. The zero-order valence-electron chi connectivity index (χ0n) is 23.1. The zero-order valence-corrected chi connectivity index (χ0v) is 23.1. The van der Waals surface area contributed by atoms with Gasteiger partial charge < -0.3 is 10.6 Å². The molecule has 1 saturated heterocycles. The summed E-state index contributed by atoms with van der Waals surface area (Å²) in [4.78, 5) is 54.1. The Morgan fingerprint density at radius 1 is 1.18 bits per heavy atom. The Hall–Kier alpha value is -3.59. The monoisotopic (exact) mass is 521 g/mol. The van der Waals surface area contributed by atoms with Crippen molar-refractivity contribution in [3.8, 4) is 0 Å². The van der Waals surface area contributed by atoms with Crippen molar-refractivity contribution in [2.75, 3.05) is 13.1 Å². The van der Waals surface area contributed by atoms with E-state index in [9.17, 15) is 19.2 Å². The highest BCUT2D eigenvalue weighted by atomic mass is 16.2. The molecule has 3 amide bonds. The van der Waals surface area contributed by atoms with Gasteiger partial charge in [0.15, 0.2) is 0 Å². The molecule has 2 aromatic rings. The van der Waals surface area contributed by atoms with Crippen LogP contribution in [0.15, 0.2) is 36.5 Å². The average Bonchev–Trinajstić information content (AvgIpc) is 2.89. The number of pyridine rings is 1. The zero-order chi connectivity index (χ0) is 28.0. The van der Waals surface area contributed by atoms with Gasteiger partial charge in [-0.15, -0.1) is 0 Å². The van der Waals surface area contributed by atoms with Crippen molar-refractivity contribution in [1.29, 1.82) is 0 Å². The quantitative estimate of drug-likeness (QED) is 0.466. The molecule has 2 atom stereocenters. The van der Waals surface area contributed by atoms with Crippen molar-refractivity contribution < 1.29 is 19.2 Å². The molecule has 204 valence electrons. The molecule has 0 aliphatic carbocycles. The van der Waals surface area contributed by atoms with Crippen LogP contribution in [0.2, 0.25) is 0 Å². The fourth-order valence-corrected chi connectivity index (χ4v) is 4.18. The van der Waals surface area contributed by atoms with Gasteiger partial charge in [0.1, 0.15) is 11.8 Å². The summed E-state index contributed by atoms with van der Waals surface area (Å²) in [6.45, 7) is 11.1. The van der Waals surface area contributed by atoms with Crippen LogP contribution in [0.25, 0.3) is 17.0 Å². The van der Waals surface area contributed by atoms with Gasteiger partial charge in [-0.05, 0) is 75.8 Å². The van der Waals surface area contributed by atoms with E-state index in [1.807, 2.05) is 30.5 Å². The largest absolute Gasteiger partial charge is 0.346 e. The summed E-state index contributed by atoms with van der Waals surface area (Å²) in [5.41, 5.74) is 5.09. The molecule has 3 rings (SSSR count). The summed E-state index contributed by atoms with van der Waals surface area (Å²) in [6.07, 6.45) is 6.98. The standard InChI is InChI=1S/C29H39N5O4/c1-18(2)23-15-22-14-21(9-10-25(22)30-16-23)11-12-29(5,6)28(38)31-17-26(36)32-19(3)27(37)34-13-7-8-24(33-34)20(4)35/h9-12,14-16,18-19,24,33H,7-8,13,17H2,1-6H3,(H,31,38)(H,32,36)/b12-11+. The minimum Gasteiger partial charge on any atom is -0.346 e. The number of nitrogens with zero attached hydrogens (tertiary/aromatic N) is 2. The van der Waals surface area contributed by atoms with Crippen LogP contribution in [0.4, 0.5) is 0 Å². The Morgan fingerprint density at radius 2 is 1.92 bits per heavy atom. The number of ketones is 1. The molecule has 38 heavy (non-hydrogen) atoms. The fourth-order valence-electron chi connectivity index (χ4n) is 4.18. The first-order chi connectivity index (χ1) is 17.9. The van der Waals surface area contributed by atoms with E-state index in [4.69, 9.17) is 0 Å². The summed E-state index contributed by atoms with van der Waals surface area (Å²) >= 11 is 0. The molecular formula is C29H39N5O4. The van der Waals surface area contributed by atoms with E-state index < -0.39 is 23.4 Å². The van der Waals surface area contributed by atoms with Crippen molar-refractivity contribution in [1.82, 2.24) is 26.1 Å². The molecule has 1 fully saturated rings. The van der Waals surface area contributed by atoms with Gasteiger partial charge in [0.05, 0.1) is 23.5 Å². The number of carbonyl (C=O) groups excluding carboxylic acids is 4. The molecule has 1 aromatic heterocycles. The Bertz CT molecular complexity index is 1240. The Labute approximate surface area is 224 Å². The first kappa shape index (κ1) is 29.0. The number of hydrogen-bond acceptors (Lipinski definition) is 6. The SMILES string of the molecule is CC(=O)C1CCCN(C(=O)C(C)NC(=O)CNC(=O)C(C)(C)/C=C/c2ccc3ncc(C(C)C)cc3c2)N1. The number of Topliss-reactive ketones (excluding diaryl/α,β-unsaturated/α-hetero) is 1. The van der Waals surface area contributed by atoms with Gasteiger partial charge in [-0.1, -0.05) is 32.1 Å². The summed E-state index contributed by atoms with van der Waals surface area (Å²) in [6, 6.07) is 6.89. The van der Waals surface area contributed by atoms with Gasteiger partial charge in [-0.3, -0.25) is 29.2 Å². The maximum atomic E-state index is 12.8. The van der Waals surface area contributed by atoms with Crippen LogP contribution in [-0.4, -0.2) is 58.7 Å². The van der Waals surface area contributed by atoms with E-state index >= 15 is 0 Å². The van der Waals surface area contributed by atoms with Crippen LogP contribution in [0.3, 0.4) is 0 Å². The smallest absolute Gasteiger partial charge is 0.258 e. The lowest BCUT2D eigenvalue weighted by Gasteiger charge is -2.34. The second kappa shape index (κ2) is 12.3. The second-order valence-electron chi connectivity index (χ2n) is 10.8. The van der Waals surface area contributed by atoms with Gasteiger partial charge in [-0.2, -0.15) is 0 Å². The lowest BCUT2D eigenvalue weighted by Crippen LogP contribution is -2.59. The fraction of sp³-hybridized carbons (Fsp3) is 0.483. The third-order valence-electron chi connectivity index (χ3n) is 6.77. The minimum absolute atomic E-state index is 0.0311. The molecule has 1 aromatic carbocycles. The molecule has 9 nitrogen and oxygen atoms in total. The number of hydrazine groups is 1. The number of nitrogens with one attached hydrogen (secondary N) is 3. The first-order valence-electron chi connectivity index (χ1n) is 13.1. The highest BCUT2D eigenvalue weighted by Crippen LogP contribution is 2.23. The molecule has 0 spiro atoms. The molecule has 2 unspecified atom stereocenters. The molecule has 0 bridgehead atoms. The highest BCUT2D eigenvalue weighted by Gasteiger charge is 2.29. The topological polar surface area (TPSA) is 121 Å². The molecular weight excluding hydrogens is 482 g/mol. The average molecular weight is 522 g/mol. The van der Waals surface area contributed by atoms with Crippen molar-refractivity contribution >= 4 is 40.5 Å². The minimum atomic E-state index is -0.867. The second-order valence-corrected chi connectivity index (χ2v) is 10.8. The van der Waals surface area contributed by atoms with E-state index in [-0.39, 0.29) is 24.1 Å². The summed E-state index contributed by atoms with van der Waals surface area (Å²) < 4.78 is 0. The van der Waals surface area contributed by atoms with Gasteiger partial charge in [0, 0.05) is 18.1 Å². The molecule has 2 heterocycles. The van der Waals surface area contributed by atoms with E-state index in [0.717, 1.165) is 16.5 Å². The lowest BCUT2D eigenvalue weighted by atomic mass is 9.91. The van der Waals surface area contributed by atoms with E-state index in [1.54, 1.807) is 26.8 Å². The third-order valence-corrected chi connectivity index (χ3v) is 6.77. The predicted molar refractivity (Wildman–Crippen MR) is 148 cm³/mol. The Kier molecular flexibility index (Phi) is 9.38. The number of fused-ring (bicyclic) bond motifs is 1. The maximum absolute atomic E-state index is 12.8. The van der Waals surface area contributed by atoms with Gasteiger partial charge >= 0.3 is 0 Å². The van der Waals surface area contributed by atoms with Gasteiger partial charge in [-0.25, -0.2) is 5.43 Å². The van der Waals surface area contributed by atoms with E-state index in [1.165, 1.54) is 17.5 Å². The van der Waals surface area contributed by atoms with Gasteiger partial charge in [0.25, 0.3) is 5.91 Å². The predicted octanol–water partition coefficient (Wildman–Crippen LogP) is 3.10. The number of carbonyl (C=O) groups is 4. The molecule has 3 N–H and O–H groups in total. The first-order valence-corrected chi connectivity index (χ1v) is 13.1. The summed E-state index contributed by atoms with van der Waals surface area (Å²) in [7, 11) is 0. The van der Waals surface area contributed by atoms with Crippen molar-refractivity contribution in [3.63, 3.8) is 0 Å². The van der Waals surface area contributed by atoms with Crippen LogP contribution in [-0.2, 0) is 19.2 Å². The van der Waals surface area contributed by atoms with E-state index in [2.05, 4.69) is 41.0 Å². The van der Waals surface area contributed by atoms with Crippen molar-refractivity contribution in [2.45, 2.75) is 72.4 Å². The van der Waals surface area contributed by atoms with Crippen molar-refractivity contribution in [3.05, 3.63) is 47.7 Å². The number of benzene rings is 1. The van der Waals surface area contributed by atoms with Crippen LogP contribution in [0.5, 0.6) is 0 Å². The van der Waals surface area contributed by atoms with Gasteiger partial charge in [0.2, 0.25) is 11.8 Å². The lowest BCUT2D eigenvalue weighted by molar-refractivity contribution is -0.142. The number of hydrogen-bond donors (Lipinski definition) is 3. The van der Waals surface area contributed by atoms with Crippen LogP contribution >= 0.6 is 0 Å². The van der Waals surface area contributed by atoms with Crippen LogP contribution < -0.4 is 16.1 Å². The normalized spacial score (nSPS) is 17.0. The number of amides is 3. The van der Waals surface area contributed by atoms with E-state index in [0.29, 0.717) is 25.3 Å². The molecule has 1 aliphatic heterocycles. The molecule has 0 radical (unpaired) electrons. The van der Waals surface area contributed by atoms with Crippen molar-refractivity contribution in [2.24, 2.45) is 5.41 Å². The Morgan fingerprint density at radius 3 is 2.61 bits per heavy atom. The third kappa shape index (κ3) is 7.47. The summed E-state index contributed by atoms with van der Waals surface area (Å²) in [5, 5.41) is 7.71. The highest BCUT2D eigenvalue weighted by molar-refractivity contribution is 5.92. The number of rotatable bonds is 9. The van der Waals surface area contributed by atoms with Crippen LogP contribution in [0, 0.1) is 5.41 Å². The molecule has 0 saturated carbocycles.